The van der Waals surface area contributed by atoms with Crippen LogP contribution in [-0.4, -0.2) is 29.0 Å². The van der Waals surface area contributed by atoms with E-state index in [0.717, 1.165) is 39.5 Å². The second kappa shape index (κ2) is 8.90. The van der Waals surface area contributed by atoms with Gasteiger partial charge in [-0.15, -0.1) is 0 Å². The number of rotatable bonds is 6. The molecule has 2 aromatic heterocycles. The minimum atomic E-state index is -4.72. The van der Waals surface area contributed by atoms with Crippen LogP contribution >= 0.6 is 11.6 Å². The van der Waals surface area contributed by atoms with Gasteiger partial charge in [0.25, 0.3) is 10.0 Å². The fourth-order valence-electron chi connectivity index (χ4n) is 3.53. The second-order valence-corrected chi connectivity index (χ2v) is 9.96. The summed E-state index contributed by atoms with van der Waals surface area (Å²) in [5, 5.41) is 9.42. The number of carboxylic acid groups (broad SMARTS) is 1. The fourth-order valence-corrected chi connectivity index (χ4v) is 5.28. The van der Waals surface area contributed by atoms with E-state index in [1.165, 1.54) is 0 Å². The molecule has 0 unspecified atom stereocenters. The highest BCUT2D eigenvalue weighted by atomic mass is 35.5. The number of pyridine rings is 1. The number of carbonyl (C=O) groups is 1. The number of aromatic nitrogens is 2. The standard InChI is InChI=1S/C23H17ClF3N3O4S/c1-29-9-8-16-10-14(2-7-20(16)29)13-30(21-19(24)11-17(12-28-21)23(25,26)27)35(33,34)18-5-3-15(4-6-18)22(31)32/h2-12H,13H2,1H3,(H,31,32). The monoisotopic (exact) mass is 523 g/mol. The highest BCUT2D eigenvalue weighted by Crippen LogP contribution is 2.36. The number of carboxylic acids is 1. The van der Waals surface area contributed by atoms with Gasteiger partial charge in [-0.05, 0) is 59.5 Å². The molecule has 0 amide bonds. The number of hydrogen-bond donors (Lipinski definition) is 1. The minimum Gasteiger partial charge on any atom is -0.478 e. The minimum absolute atomic E-state index is 0.129. The SMILES string of the molecule is Cn1ccc2cc(CN(c3ncc(C(F)(F)F)cc3Cl)S(=O)(=O)c3ccc(C(=O)O)cc3)ccc21. The van der Waals surface area contributed by atoms with Gasteiger partial charge in [0.05, 0.1) is 27.6 Å². The van der Waals surface area contributed by atoms with Crippen LogP contribution in [0.4, 0.5) is 19.0 Å². The molecule has 0 bridgehead atoms. The van der Waals surface area contributed by atoms with Crippen molar-refractivity contribution in [2.24, 2.45) is 7.05 Å². The molecule has 182 valence electrons. The molecule has 0 aliphatic carbocycles. The number of alkyl halides is 3. The maximum absolute atomic E-state index is 13.6. The summed E-state index contributed by atoms with van der Waals surface area (Å²) < 4.78 is 69.2. The van der Waals surface area contributed by atoms with Crippen molar-refractivity contribution in [2.75, 3.05) is 4.31 Å². The van der Waals surface area contributed by atoms with Crippen LogP contribution in [0.5, 0.6) is 0 Å². The molecule has 7 nitrogen and oxygen atoms in total. The first-order chi connectivity index (χ1) is 16.4. The van der Waals surface area contributed by atoms with Crippen molar-refractivity contribution in [3.8, 4) is 0 Å². The van der Waals surface area contributed by atoms with E-state index in [4.69, 9.17) is 16.7 Å². The quantitative estimate of drug-likeness (QED) is 0.368. The summed E-state index contributed by atoms with van der Waals surface area (Å²) >= 11 is 6.11. The molecule has 4 rings (SSSR count). The number of hydrogen-bond acceptors (Lipinski definition) is 4. The van der Waals surface area contributed by atoms with Gasteiger partial charge in [0.15, 0.2) is 5.82 Å². The van der Waals surface area contributed by atoms with Gasteiger partial charge in [-0.25, -0.2) is 22.5 Å². The molecule has 0 spiro atoms. The van der Waals surface area contributed by atoms with Crippen LogP contribution < -0.4 is 4.31 Å². The van der Waals surface area contributed by atoms with Gasteiger partial charge in [0, 0.05) is 25.0 Å². The third-order valence-corrected chi connectivity index (χ3v) is 7.38. The van der Waals surface area contributed by atoms with E-state index in [9.17, 15) is 26.4 Å². The third-order valence-electron chi connectivity index (χ3n) is 5.35. The highest BCUT2D eigenvalue weighted by molar-refractivity contribution is 7.92. The number of halogens is 4. The Kier molecular flexibility index (Phi) is 6.24. The van der Waals surface area contributed by atoms with Gasteiger partial charge >= 0.3 is 12.1 Å². The van der Waals surface area contributed by atoms with E-state index in [-0.39, 0.29) is 17.0 Å². The summed E-state index contributed by atoms with van der Waals surface area (Å²) in [7, 11) is -2.55. The molecular weight excluding hydrogens is 507 g/mol. The Morgan fingerprint density at radius 3 is 2.40 bits per heavy atom. The lowest BCUT2D eigenvalue weighted by molar-refractivity contribution is -0.137. The maximum Gasteiger partial charge on any atom is 0.417 e. The molecule has 0 fully saturated rings. The average Bonchev–Trinajstić information content (AvgIpc) is 3.17. The van der Waals surface area contributed by atoms with Crippen molar-refractivity contribution in [2.45, 2.75) is 17.6 Å². The molecule has 2 heterocycles. The zero-order valence-electron chi connectivity index (χ0n) is 18.0. The number of fused-ring (bicyclic) bond motifs is 1. The number of aryl methyl sites for hydroxylation is 1. The smallest absolute Gasteiger partial charge is 0.417 e. The Bertz CT molecular complexity index is 1530. The van der Waals surface area contributed by atoms with Gasteiger partial charge in [0.1, 0.15) is 0 Å². The molecule has 1 N–H and O–H groups in total. The van der Waals surface area contributed by atoms with Crippen LogP contribution in [0, 0.1) is 0 Å². The molecule has 0 atom stereocenters. The van der Waals surface area contributed by atoms with E-state index in [2.05, 4.69) is 4.98 Å². The molecule has 0 aliphatic heterocycles. The fraction of sp³-hybridized carbons (Fsp3) is 0.130. The first-order valence-electron chi connectivity index (χ1n) is 10.0. The van der Waals surface area contributed by atoms with Gasteiger partial charge in [0.2, 0.25) is 0 Å². The summed E-state index contributed by atoms with van der Waals surface area (Å²) in [5.74, 6) is -1.63. The number of aromatic carboxylic acids is 1. The lowest BCUT2D eigenvalue weighted by atomic mass is 10.1. The molecule has 35 heavy (non-hydrogen) atoms. The molecule has 0 saturated heterocycles. The van der Waals surface area contributed by atoms with Crippen LogP contribution in [0.15, 0.2) is 71.9 Å². The van der Waals surface area contributed by atoms with Gasteiger partial charge in [-0.2, -0.15) is 13.2 Å². The van der Waals surface area contributed by atoms with Gasteiger partial charge in [-0.3, -0.25) is 0 Å². The predicted octanol–water partition coefficient (Wildman–Crippen LogP) is 5.34. The zero-order valence-corrected chi connectivity index (χ0v) is 19.6. The van der Waals surface area contributed by atoms with Crippen LogP contribution in [0.1, 0.15) is 21.5 Å². The molecular formula is C23H17ClF3N3O4S. The van der Waals surface area contributed by atoms with Gasteiger partial charge < -0.3 is 9.67 Å². The van der Waals surface area contributed by atoms with Crippen molar-refractivity contribution in [3.05, 3.63) is 88.7 Å². The van der Waals surface area contributed by atoms with Crippen molar-refractivity contribution in [3.63, 3.8) is 0 Å². The molecule has 4 aromatic rings. The predicted molar refractivity (Wildman–Crippen MR) is 124 cm³/mol. The Morgan fingerprint density at radius 1 is 1.11 bits per heavy atom. The van der Waals surface area contributed by atoms with Crippen LogP contribution in [-0.2, 0) is 29.8 Å². The Morgan fingerprint density at radius 2 is 1.80 bits per heavy atom. The van der Waals surface area contributed by atoms with Crippen LogP contribution in [0.3, 0.4) is 0 Å². The first-order valence-corrected chi connectivity index (χ1v) is 11.8. The first kappa shape index (κ1) is 24.6. The van der Waals surface area contributed by atoms with Crippen LogP contribution in [0.2, 0.25) is 5.02 Å². The summed E-state index contributed by atoms with van der Waals surface area (Å²) in [6.07, 6.45) is -2.37. The van der Waals surface area contributed by atoms with E-state index in [0.29, 0.717) is 17.8 Å². The average molecular weight is 524 g/mol. The van der Waals surface area contributed by atoms with Crippen molar-refractivity contribution < 1.29 is 31.5 Å². The lowest BCUT2D eigenvalue weighted by Crippen LogP contribution is -2.32. The summed E-state index contributed by atoms with van der Waals surface area (Å²) in [6, 6.07) is 12.1. The molecule has 0 radical (unpaired) electrons. The van der Waals surface area contributed by atoms with E-state index in [1.807, 2.05) is 23.9 Å². The molecule has 0 aliphatic rings. The number of sulfonamides is 1. The van der Waals surface area contributed by atoms with Crippen molar-refractivity contribution >= 4 is 44.3 Å². The van der Waals surface area contributed by atoms with Crippen LogP contribution in [0.25, 0.3) is 10.9 Å². The Hall–Kier alpha value is -3.57. The summed E-state index contributed by atoms with van der Waals surface area (Å²) in [5.41, 5.74) is 0.182. The zero-order chi connectivity index (χ0) is 25.5. The molecule has 12 heteroatoms. The topological polar surface area (TPSA) is 92.5 Å². The number of benzene rings is 2. The normalized spacial score (nSPS) is 12.1. The third kappa shape index (κ3) is 4.82. The number of anilines is 1. The summed E-state index contributed by atoms with van der Waals surface area (Å²) in [4.78, 5) is 14.6. The van der Waals surface area contributed by atoms with Crippen molar-refractivity contribution in [1.82, 2.24) is 9.55 Å². The Balaban J connectivity index is 1.83. The second-order valence-electron chi connectivity index (χ2n) is 7.69. The number of nitrogens with zero attached hydrogens (tertiary/aromatic N) is 3. The van der Waals surface area contributed by atoms with E-state index < -0.39 is 38.6 Å². The summed E-state index contributed by atoms with van der Waals surface area (Å²) in [6.45, 7) is -0.286. The van der Waals surface area contributed by atoms with Crippen molar-refractivity contribution in [1.29, 1.82) is 0 Å². The molecule has 2 aromatic carbocycles. The van der Waals surface area contributed by atoms with E-state index in [1.54, 1.807) is 18.2 Å². The molecule has 0 saturated carbocycles. The highest BCUT2D eigenvalue weighted by Gasteiger charge is 2.34. The Labute approximate surface area is 203 Å². The van der Waals surface area contributed by atoms with Gasteiger partial charge in [-0.1, -0.05) is 17.7 Å². The van der Waals surface area contributed by atoms with E-state index >= 15 is 0 Å². The lowest BCUT2D eigenvalue weighted by Gasteiger charge is -2.25. The maximum atomic E-state index is 13.6. The largest absolute Gasteiger partial charge is 0.478 e.